The molecule has 0 aliphatic rings. The van der Waals surface area contributed by atoms with Crippen LogP contribution in [0.15, 0.2) is 4.99 Å². The molecule has 4 atom stereocenters. The van der Waals surface area contributed by atoms with E-state index >= 15 is 0 Å². The molecule has 11 N–H and O–H groups in total. The minimum absolute atomic E-state index is 0.115. The van der Waals surface area contributed by atoms with E-state index in [1.54, 1.807) is 13.8 Å². The van der Waals surface area contributed by atoms with Crippen molar-refractivity contribution in [3.63, 3.8) is 0 Å². The summed E-state index contributed by atoms with van der Waals surface area (Å²) in [5.74, 6) is -3.82. The van der Waals surface area contributed by atoms with E-state index in [1.165, 1.54) is 0 Å². The standard InChI is InChI=1S/C16H31N7O5/c1-3-8(2)12(15(27)28)23-14(26)10(5-4-6-21-16(19)20)22-13(25)9(17)7-11(18)24/h8-10,12H,3-7,17H2,1-2H3,(H2,18,24)(H,22,25)(H,23,26)(H,27,28)(H4,19,20,21)/t8-,9-,10-,12-/m0/s1. The number of aliphatic imine (C=N–C) groups is 1. The Morgan fingerprint density at radius 1 is 1.07 bits per heavy atom. The van der Waals surface area contributed by atoms with Gasteiger partial charge in [0.25, 0.3) is 0 Å². The fourth-order valence-corrected chi connectivity index (χ4v) is 2.30. The van der Waals surface area contributed by atoms with Crippen molar-refractivity contribution in [3.8, 4) is 0 Å². The molecule has 0 aromatic rings. The Bertz CT molecular complexity index is 592. The van der Waals surface area contributed by atoms with Crippen molar-refractivity contribution in [1.29, 1.82) is 0 Å². The Morgan fingerprint density at radius 3 is 2.14 bits per heavy atom. The molecule has 0 unspecified atom stereocenters. The van der Waals surface area contributed by atoms with Crippen molar-refractivity contribution in [2.75, 3.05) is 6.54 Å². The van der Waals surface area contributed by atoms with E-state index in [1.807, 2.05) is 0 Å². The molecule has 12 nitrogen and oxygen atoms in total. The third-order valence-corrected chi connectivity index (χ3v) is 4.11. The number of rotatable bonds is 13. The molecule has 0 bridgehead atoms. The second-order valence-electron chi connectivity index (χ2n) is 6.50. The number of nitrogens with one attached hydrogen (secondary N) is 2. The molecule has 0 fully saturated rings. The first-order valence-electron chi connectivity index (χ1n) is 8.92. The van der Waals surface area contributed by atoms with E-state index in [0.717, 1.165) is 0 Å². The molecule has 0 spiro atoms. The molecular weight excluding hydrogens is 370 g/mol. The highest BCUT2D eigenvalue weighted by Crippen LogP contribution is 2.09. The lowest BCUT2D eigenvalue weighted by Gasteiger charge is -2.25. The maximum Gasteiger partial charge on any atom is 0.326 e. The van der Waals surface area contributed by atoms with E-state index in [9.17, 15) is 24.3 Å². The quantitative estimate of drug-likeness (QED) is 0.0975. The molecule has 0 saturated heterocycles. The maximum absolute atomic E-state index is 12.6. The van der Waals surface area contributed by atoms with E-state index < -0.39 is 48.2 Å². The lowest BCUT2D eigenvalue weighted by molar-refractivity contribution is -0.143. The van der Waals surface area contributed by atoms with Crippen molar-refractivity contribution in [1.82, 2.24) is 10.6 Å². The van der Waals surface area contributed by atoms with Crippen LogP contribution in [0.3, 0.4) is 0 Å². The summed E-state index contributed by atoms with van der Waals surface area (Å²) in [6, 6.07) is -3.42. The van der Waals surface area contributed by atoms with Gasteiger partial charge in [0.2, 0.25) is 17.7 Å². The summed E-state index contributed by atoms with van der Waals surface area (Å²) in [5.41, 5.74) is 21.1. The summed E-state index contributed by atoms with van der Waals surface area (Å²) in [5, 5.41) is 14.2. The Labute approximate surface area is 163 Å². The van der Waals surface area contributed by atoms with Crippen molar-refractivity contribution >= 4 is 29.7 Å². The van der Waals surface area contributed by atoms with Crippen LogP contribution in [-0.4, -0.2) is 59.4 Å². The summed E-state index contributed by atoms with van der Waals surface area (Å²) in [7, 11) is 0. The van der Waals surface area contributed by atoms with Crippen LogP contribution in [0.2, 0.25) is 0 Å². The van der Waals surface area contributed by atoms with E-state index in [-0.39, 0.29) is 24.8 Å². The van der Waals surface area contributed by atoms with E-state index in [0.29, 0.717) is 12.8 Å². The largest absolute Gasteiger partial charge is 0.480 e. The number of hydrogen-bond acceptors (Lipinski definition) is 6. The van der Waals surface area contributed by atoms with Crippen molar-refractivity contribution in [3.05, 3.63) is 0 Å². The van der Waals surface area contributed by atoms with Crippen LogP contribution in [-0.2, 0) is 19.2 Å². The fraction of sp³-hybridized carbons (Fsp3) is 0.688. The smallest absolute Gasteiger partial charge is 0.326 e. The van der Waals surface area contributed by atoms with Gasteiger partial charge in [0.1, 0.15) is 12.1 Å². The SMILES string of the molecule is CC[C@H](C)[C@H](NC(=O)[C@H](CCCN=C(N)N)NC(=O)[C@@H](N)CC(N)=O)C(=O)O. The van der Waals surface area contributed by atoms with Crippen LogP contribution in [0, 0.1) is 5.92 Å². The number of amides is 3. The first kappa shape index (κ1) is 25.1. The third kappa shape index (κ3) is 9.71. The molecule has 0 aromatic carbocycles. The Hall–Kier alpha value is -2.89. The summed E-state index contributed by atoms with van der Waals surface area (Å²) < 4.78 is 0. The second kappa shape index (κ2) is 12.5. The number of hydrogen-bond donors (Lipinski definition) is 7. The van der Waals surface area contributed by atoms with E-state index in [2.05, 4.69) is 15.6 Å². The highest BCUT2D eigenvalue weighted by Gasteiger charge is 2.30. The molecule has 0 saturated carbocycles. The predicted molar refractivity (Wildman–Crippen MR) is 103 cm³/mol. The maximum atomic E-state index is 12.6. The third-order valence-electron chi connectivity index (χ3n) is 4.11. The zero-order valence-electron chi connectivity index (χ0n) is 16.2. The highest BCUT2D eigenvalue weighted by molar-refractivity contribution is 5.93. The molecule has 0 aliphatic heterocycles. The van der Waals surface area contributed by atoms with Gasteiger partial charge in [-0.05, 0) is 18.8 Å². The highest BCUT2D eigenvalue weighted by atomic mass is 16.4. The molecule has 0 radical (unpaired) electrons. The zero-order valence-corrected chi connectivity index (χ0v) is 16.2. The number of nitrogens with zero attached hydrogens (tertiary/aromatic N) is 1. The first-order chi connectivity index (χ1) is 13.0. The molecule has 0 aromatic heterocycles. The molecule has 0 heterocycles. The number of primary amides is 1. The van der Waals surface area contributed by atoms with E-state index in [4.69, 9.17) is 22.9 Å². The van der Waals surface area contributed by atoms with Gasteiger partial charge in [0.05, 0.1) is 12.5 Å². The fourth-order valence-electron chi connectivity index (χ4n) is 2.30. The molecular formula is C16H31N7O5. The van der Waals surface area contributed by atoms with Gasteiger partial charge in [-0.15, -0.1) is 0 Å². The molecule has 12 heteroatoms. The van der Waals surface area contributed by atoms with Crippen LogP contribution < -0.4 is 33.6 Å². The van der Waals surface area contributed by atoms with Gasteiger partial charge in [0, 0.05) is 6.54 Å². The molecule has 160 valence electrons. The van der Waals surface area contributed by atoms with Crippen molar-refractivity contribution in [2.45, 2.75) is 57.7 Å². The number of aliphatic carboxylic acids is 1. The molecule has 0 rings (SSSR count). The van der Waals surface area contributed by atoms with Crippen LogP contribution in [0.1, 0.15) is 39.5 Å². The number of carbonyl (C=O) groups is 4. The average Bonchev–Trinajstić information content (AvgIpc) is 2.59. The minimum Gasteiger partial charge on any atom is -0.480 e. The van der Waals surface area contributed by atoms with Gasteiger partial charge in [-0.2, -0.15) is 0 Å². The van der Waals surface area contributed by atoms with Crippen LogP contribution in [0.4, 0.5) is 0 Å². The first-order valence-corrected chi connectivity index (χ1v) is 8.92. The van der Waals surface area contributed by atoms with Gasteiger partial charge in [0.15, 0.2) is 5.96 Å². The van der Waals surface area contributed by atoms with Gasteiger partial charge in [-0.25, -0.2) is 4.79 Å². The summed E-state index contributed by atoms with van der Waals surface area (Å²) in [6.45, 7) is 3.70. The topological polar surface area (TPSA) is 229 Å². The summed E-state index contributed by atoms with van der Waals surface area (Å²) >= 11 is 0. The lowest BCUT2D eigenvalue weighted by atomic mass is 9.98. The second-order valence-corrected chi connectivity index (χ2v) is 6.50. The predicted octanol–water partition coefficient (Wildman–Crippen LogP) is -2.66. The summed E-state index contributed by atoms with van der Waals surface area (Å²) in [6.07, 6.45) is 0.605. The van der Waals surface area contributed by atoms with Crippen LogP contribution in [0.5, 0.6) is 0 Å². The number of carbonyl (C=O) groups excluding carboxylic acids is 3. The van der Waals surface area contributed by atoms with Crippen LogP contribution >= 0.6 is 0 Å². The zero-order chi connectivity index (χ0) is 21.9. The van der Waals surface area contributed by atoms with Gasteiger partial charge >= 0.3 is 5.97 Å². The van der Waals surface area contributed by atoms with Gasteiger partial charge in [-0.1, -0.05) is 20.3 Å². The van der Waals surface area contributed by atoms with Crippen molar-refractivity contribution < 1.29 is 24.3 Å². The van der Waals surface area contributed by atoms with Crippen LogP contribution in [0.25, 0.3) is 0 Å². The van der Waals surface area contributed by atoms with Crippen molar-refractivity contribution in [2.24, 2.45) is 33.8 Å². The van der Waals surface area contributed by atoms with Gasteiger partial charge in [-0.3, -0.25) is 19.4 Å². The number of carboxylic acids is 1. The Balaban J connectivity index is 5.20. The summed E-state index contributed by atoms with van der Waals surface area (Å²) in [4.78, 5) is 50.8. The Morgan fingerprint density at radius 2 is 1.68 bits per heavy atom. The monoisotopic (exact) mass is 401 g/mol. The number of nitrogens with two attached hydrogens (primary N) is 4. The number of carboxylic acid groups (broad SMARTS) is 1. The lowest BCUT2D eigenvalue weighted by Crippen LogP contribution is -2.56. The number of guanidine groups is 1. The molecule has 0 aliphatic carbocycles. The average molecular weight is 401 g/mol. The molecule has 3 amide bonds. The molecule has 28 heavy (non-hydrogen) atoms. The normalized spacial score (nSPS) is 14.8. The van der Waals surface area contributed by atoms with Gasteiger partial charge < -0.3 is 38.7 Å². The minimum atomic E-state index is -1.23. The Kier molecular flexibility index (Phi) is 11.2.